The number of nitrogens with one attached hydrogen (secondary N) is 1. The van der Waals surface area contributed by atoms with Gasteiger partial charge in [0, 0.05) is 30.6 Å². The molecule has 20 heavy (non-hydrogen) atoms. The minimum absolute atomic E-state index is 0.402. The molecule has 1 aromatic rings. The van der Waals surface area contributed by atoms with Crippen molar-refractivity contribution in [2.75, 3.05) is 20.1 Å². The Morgan fingerprint density at radius 3 is 2.85 bits per heavy atom. The summed E-state index contributed by atoms with van der Waals surface area (Å²) in [5.74, 6) is 0. The summed E-state index contributed by atoms with van der Waals surface area (Å²) >= 11 is 1.75. The highest BCUT2D eigenvalue weighted by Crippen LogP contribution is 2.23. The van der Waals surface area contributed by atoms with Crippen molar-refractivity contribution in [3.05, 3.63) is 16.1 Å². The van der Waals surface area contributed by atoms with Crippen molar-refractivity contribution in [3.63, 3.8) is 0 Å². The van der Waals surface area contributed by atoms with Crippen LogP contribution in [0.25, 0.3) is 0 Å². The van der Waals surface area contributed by atoms with E-state index in [1.165, 1.54) is 36.3 Å². The number of rotatable bonds is 7. The van der Waals surface area contributed by atoms with Gasteiger partial charge < -0.3 is 10.1 Å². The second-order valence-electron chi connectivity index (χ2n) is 6.20. The molecule has 0 amide bonds. The number of thiazole rings is 1. The number of hydrogen-bond acceptors (Lipinski definition) is 5. The Morgan fingerprint density at radius 2 is 2.15 bits per heavy atom. The Balaban J connectivity index is 1.38. The SMILES string of the molecule is Cc1ncsc1CN(C)CC1CCC(CNC2CC2)O1. The molecule has 1 N–H and O–H groups in total. The van der Waals surface area contributed by atoms with Gasteiger partial charge in [-0.15, -0.1) is 11.3 Å². The summed E-state index contributed by atoms with van der Waals surface area (Å²) in [5, 5.41) is 3.57. The van der Waals surface area contributed by atoms with Gasteiger partial charge >= 0.3 is 0 Å². The maximum atomic E-state index is 6.14. The van der Waals surface area contributed by atoms with E-state index in [2.05, 4.69) is 29.2 Å². The van der Waals surface area contributed by atoms with Crippen molar-refractivity contribution < 1.29 is 4.74 Å². The molecule has 2 aliphatic rings. The predicted molar refractivity (Wildman–Crippen MR) is 82.1 cm³/mol. The van der Waals surface area contributed by atoms with Crippen LogP contribution in [0.4, 0.5) is 0 Å². The van der Waals surface area contributed by atoms with E-state index in [9.17, 15) is 0 Å². The molecule has 1 aliphatic carbocycles. The molecule has 1 aliphatic heterocycles. The zero-order valence-corrected chi connectivity index (χ0v) is 13.3. The highest BCUT2D eigenvalue weighted by atomic mass is 32.1. The summed E-state index contributed by atoms with van der Waals surface area (Å²) in [7, 11) is 2.18. The number of aromatic nitrogens is 1. The van der Waals surface area contributed by atoms with Gasteiger partial charge in [0.2, 0.25) is 0 Å². The quantitative estimate of drug-likeness (QED) is 0.837. The lowest BCUT2D eigenvalue weighted by molar-refractivity contribution is 0.0267. The maximum Gasteiger partial charge on any atom is 0.0798 e. The summed E-state index contributed by atoms with van der Waals surface area (Å²) in [6.07, 6.45) is 5.94. The molecule has 3 rings (SSSR count). The minimum atomic E-state index is 0.402. The van der Waals surface area contributed by atoms with Crippen molar-refractivity contribution in [3.8, 4) is 0 Å². The van der Waals surface area contributed by atoms with Crippen LogP contribution in [0.1, 0.15) is 36.3 Å². The lowest BCUT2D eigenvalue weighted by Gasteiger charge is -2.21. The van der Waals surface area contributed by atoms with Crippen molar-refractivity contribution >= 4 is 11.3 Å². The van der Waals surface area contributed by atoms with Crippen LogP contribution in [-0.2, 0) is 11.3 Å². The standard InChI is InChI=1S/C15H25N3OS/c1-11-15(20-10-17-11)9-18(2)8-14-6-5-13(19-14)7-16-12-3-4-12/h10,12-14,16H,3-9H2,1-2H3. The van der Waals surface area contributed by atoms with Gasteiger partial charge in [0.25, 0.3) is 0 Å². The van der Waals surface area contributed by atoms with Crippen molar-refractivity contribution in [1.82, 2.24) is 15.2 Å². The van der Waals surface area contributed by atoms with Gasteiger partial charge in [-0.05, 0) is 39.7 Å². The number of nitrogens with zero attached hydrogens (tertiary/aromatic N) is 2. The van der Waals surface area contributed by atoms with E-state index >= 15 is 0 Å². The Bertz CT molecular complexity index is 433. The van der Waals surface area contributed by atoms with Crippen LogP contribution in [0, 0.1) is 6.92 Å². The van der Waals surface area contributed by atoms with Gasteiger partial charge in [0.05, 0.1) is 23.4 Å². The zero-order chi connectivity index (χ0) is 13.9. The van der Waals surface area contributed by atoms with E-state index < -0.39 is 0 Å². The molecule has 2 fully saturated rings. The normalized spacial score (nSPS) is 26.6. The fourth-order valence-electron chi connectivity index (χ4n) is 2.79. The van der Waals surface area contributed by atoms with Gasteiger partial charge in [0.1, 0.15) is 0 Å². The third-order valence-electron chi connectivity index (χ3n) is 4.18. The Hall–Kier alpha value is -0.490. The first kappa shape index (κ1) is 14.4. The van der Waals surface area contributed by atoms with E-state index in [0.29, 0.717) is 12.2 Å². The third kappa shape index (κ3) is 4.01. The molecule has 1 saturated carbocycles. The summed E-state index contributed by atoms with van der Waals surface area (Å²) < 4.78 is 6.14. The summed E-state index contributed by atoms with van der Waals surface area (Å²) in [5.41, 5.74) is 3.10. The van der Waals surface area contributed by atoms with Gasteiger partial charge in [-0.2, -0.15) is 0 Å². The highest BCUT2D eigenvalue weighted by Gasteiger charge is 2.28. The Kier molecular flexibility index (Phi) is 4.71. The average Bonchev–Trinajstić information content (AvgIpc) is 3.02. The molecule has 1 aromatic heterocycles. The largest absolute Gasteiger partial charge is 0.372 e. The summed E-state index contributed by atoms with van der Waals surface area (Å²) in [6, 6.07) is 0.787. The molecule has 112 valence electrons. The first-order valence-corrected chi connectivity index (χ1v) is 8.55. The highest BCUT2D eigenvalue weighted by molar-refractivity contribution is 7.09. The smallest absolute Gasteiger partial charge is 0.0798 e. The zero-order valence-electron chi connectivity index (χ0n) is 12.5. The van der Waals surface area contributed by atoms with Crippen LogP contribution >= 0.6 is 11.3 Å². The molecular formula is C15H25N3OS. The third-order valence-corrected chi connectivity index (χ3v) is 5.10. The van der Waals surface area contributed by atoms with Crippen molar-refractivity contribution in [2.24, 2.45) is 0 Å². The monoisotopic (exact) mass is 295 g/mol. The maximum absolute atomic E-state index is 6.14. The second kappa shape index (κ2) is 6.52. The minimum Gasteiger partial charge on any atom is -0.372 e. The molecule has 1 saturated heterocycles. The number of aryl methyl sites for hydroxylation is 1. The number of ether oxygens (including phenoxy) is 1. The molecule has 2 heterocycles. The fourth-order valence-corrected chi connectivity index (χ4v) is 3.64. The number of likely N-dealkylation sites (N-methyl/N-ethyl adjacent to an activating group) is 1. The Morgan fingerprint density at radius 1 is 1.35 bits per heavy atom. The van der Waals surface area contributed by atoms with Crippen LogP contribution in [0.2, 0.25) is 0 Å². The van der Waals surface area contributed by atoms with Crippen LogP contribution in [0.15, 0.2) is 5.51 Å². The van der Waals surface area contributed by atoms with Crippen molar-refractivity contribution in [1.29, 1.82) is 0 Å². The fraction of sp³-hybridized carbons (Fsp3) is 0.800. The molecule has 4 nitrogen and oxygen atoms in total. The molecule has 5 heteroatoms. The van der Waals surface area contributed by atoms with Gasteiger partial charge in [0.15, 0.2) is 0 Å². The average molecular weight is 295 g/mol. The predicted octanol–water partition coefficient (Wildman–Crippen LogP) is 2.18. The molecule has 0 radical (unpaired) electrons. The van der Waals surface area contributed by atoms with Crippen LogP contribution in [0.5, 0.6) is 0 Å². The van der Waals surface area contributed by atoms with E-state index in [-0.39, 0.29) is 0 Å². The molecule has 0 bridgehead atoms. The summed E-state index contributed by atoms with van der Waals surface area (Å²) in [6.45, 7) is 5.14. The Labute approximate surface area is 125 Å². The van der Waals surface area contributed by atoms with Gasteiger partial charge in [-0.1, -0.05) is 0 Å². The van der Waals surface area contributed by atoms with Crippen molar-refractivity contribution in [2.45, 2.75) is 57.4 Å². The molecular weight excluding hydrogens is 270 g/mol. The first-order valence-electron chi connectivity index (χ1n) is 7.67. The van der Waals surface area contributed by atoms with E-state index in [0.717, 1.165) is 25.7 Å². The number of hydrogen-bond donors (Lipinski definition) is 1. The topological polar surface area (TPSA) is 37.4 Å². The molecule has 0 spiro atoms. The first-order chi connectivity index (χ1) is 9.70. The van der Waals surface area contributed by atoms with Crippen LogP contribution in [-0.4, -0.2) is 48.3 Å². The molecule has 2 unspecified atom stereocenters. The molecule has 0 aromatic carbocycles. The van der Waals surface area contributed by atoms with E-state index in [1.807, 2.05) is 5.51 Å². The van der Waals surface area contributed by atoms with Crippen LogP contribution in [0.3, 0.4) is 0 Å². The van der Waals surface area contributed by atoms with Gasteiger partial charge in [-0.25, -0.2) is 4.98 Å². The van der Waals surface area contributed by atoms with Gasteiger partial charge in [-0.3, -0.25) is 4.90 Å². The van der Waals surface area contributed by atoms with E-state index in [1.54, 1.807) is 11.3 Å². The lowest BCUT2D eigenvalue weighted by atomic mass is 10.2. The lowest BCUT2D eigenvalue weighted by Crippen LogP contribution is -2.32. The van der Waals surface area contributed by atoms with E-state index in [4.69, 9.17) is 4.74 Å². The van der Waals surface area contributed by atoms with Crippen LogP contribution < -0.4 is 5.32 Å². The summed E-state index contributed by atoms with van der Waals surface area (Å²) in [4.78, 5) is 8.05. The second-order valence-corrected chi connectivity index (χ2v) is 7.14. The molecule has 2 atom stereocenters.